The van der Waals surface area contributed by atoms with Crippen molar-refractivity contribution in [3.63, 3.8) is 0 Å². The minimum atomic E-state index is -0.123. The van der Waals surface area contributed by atoms with Gasteiger partial charge in [0.25, 0.3) is 0 Å². The zero-order valence-electron chi connectivity index (χ0n) is 16.8. The molecule has 154 valence electrons. The quantitative estimate of drug-likeness (QED) is 0.468. The number of nitrogens with zero attached hydrogens (tertiary/aromatic N) is 4. The van der Waals surface area contributed by atoms with Crippen LogP contribution in [0.2, 0.25) is 0 Å². The number of fused-ring (bicyclic) bond motifs is 5. The van der Waals surface area contributed by atoms with Crippen LogP contribution in [0.25, 0.3) is 15.9 Å². The van der Waals surface area contributed by atoms with E-state index in [0.29, 0.717) is 16.6 Å². The van der Waals surface area contributed by atoms with Crippen LogP contribution < -0.4 is 10.1 Å². The maximum atomic E-state index is 12.5. The van der Waals surface area contributed by atoms with Gasteiger partial charge in [0.15, 0.2) is 10.8 Å². The SMILES string of the molecule is COc1ccc(C)cc1NC(=O)CSc1nnc2c3c4c(sc3ncn12)CCCC4. The van der Waals surface area contributed by atoms with Gasteiger partial charge >= 0.3 is 0 Å². The fourth-order valence-electron chi connectivity index (χ4n) is 3.87. The number of benzene rings is 1. The molecule has 1 amide bonds. The number of hydrogen-bond acceptors (Lipinski definition) is 7. The molecule has 1 aliphatic rings. The molecule has 4 aromatic rings. The van der Waals surface area contributed by atoms with Crippen LogP contribution in [0, 0.1) is 6.92 Å². The van der Waals surface area contributed by atoms with Crippen molar-refractivity contribution >= 4 is 50.6 Å². The van der Waals surface area contributed by atoms with Crippen LogP contribution >= 0.6 is 23.1 Å². The average molecular weight is 440 g/mol. The number of thiophene rings is 1. The van der Waals surface area contributed by atoms with Gasteiger partial charge in [-0.05, 0) is 55.9 Å². The molecule has 0 unspecified atom stereocenters. The fraction of sp³-hybridized carbons (Fsp3) is 0.333. The van der Waals surface area contributed by atoms with Crippen LogP contribution in [-0.4, -0.2) is 38.4 Å². The van der Waals surface area contributed by atoms with Crippen LogP contribution in [-0.2, 0) is 17.6 Å². The fourth-order valence-corrected chi connectivity index (χ4v) is 5.80. The number of rotatable bonds is 5. The third-order valence-electron chi connectivity index (χ3n) is 5.29. The molecule has 1 aliphatic carbocycles. The second kappa shape index (κ2) is 7.88. The highest BCUT2D eigenvalue weighted by molar-refractivity contribution is 7.99. The number of nitrogens with one attached hydrogen (secondary N) is 1. The summed E-state index contributed by atoms with van der Waals surface area (Å²) in [5, 5.41) is 13.5. The van der Waals surface area contributed by atoms with E-state index in [-0.39, 0.29) is 11.7 Å². The van der Waals surface area contributed by atoms with Crippen molar-refractivity contribution in [2.45, 2.75) is 37.8 Å². The molecule has 9 heteroatoms. The molecule has 0 bridgehead atoms. The Labute approximate surface area is 181 Å². The topological polar surface area (TPSA) is 81.4 Å². The number of ether oxygens (including phenoxy) is 1. The van der Waals surface area contributed by atoms with Gasteiger partial charge in [-0.1, -0.05) is 17.8 Å². The van der Waals surface area contributed by atoms with Crippen molar-refractivity contribution in [2.75, 3.05) is 18.2 Å². The molecule has 0 fully saturated rings. The molecule has 30 heavy (non-hydrogen) atoms. The van der Waals surface area contributed by atoms with Crippen molar-refractivity contribution in [2.24, 2.45) is 0 Å². The van der Waals surface area contributed by atoms with Crippen molar-refractivity contribution in [3.05, 3.63) is 40.5 Å². The number of hydrogen-bond donors (Lipinski definition) is 1. The number of carbonyl (C=O) groups excluding carboxylic acids is 1. The summed E-state index contributed by atoms with van der Waals surface area (Å²) in [6, 6.07) is 5.69. The summed E-state index contributed by atoms with van der Waals surface area (Å²) in [4.78, 5) is 19.6. The summed E-state index contributed by atoms with van der Waals surface area (Å²) in [6.45, 7) is 1.98. The normalized spacial score (nSPS) is 13.5. The molecular formula is C21H21N5O2S2. The molecule has 0 spiro atoms. The van der Waals surface area contributed by atoms with Crippen LogP contribution in [0.4, 0.5) is 5.69 Å². The number of anilines is 1. The van der Waals surface area contributed by atoms with Crippen LogP contribution in [0.3, 0.4) is 0 Å². The Bertz CT molecular complexity index is 1260. The summed E-state index contributed by atoms with van der Waals surface area (Å²) in [6.07, 6.45) is 6.42. The lowest BCUT2D eigenvalue weighted by molar-refractivity contribution is -0.113. The van der Waals surface area contributed by atoms with E-state index in [4.69, 9.17) is 4.74 Å². The van der Waals surface area contributed by atoms with Gasteiger partial charge in [0.2, 0.25) is 5.91 Å². The van der Waals surface area contributed by atoms with E-state index < -0.39 is 0 Å². The highest BCUT2D eigenvalue weighted by Crippen LogP contribution is 2.37. The van der Waals surface area contributed by atoms with Gasteiger partial charge in [0.05, 0.1) is 23.9 Å². The average Bonchev–Trinajstić information content (AvgIpc) is 3.33. The zero-order chi connectivity index (χ0) is 20.7. The van der Waals surface area contributed by atoms with E-state index in [1.54, 1.807) is 24.8 Å². The number of thioether (sulfide) groups is 1. The minimum absolute atomic E-state index is 0.123. The Kier molecular flexibility index (Phi) is 5.08. The number of amides is 1. The molecule has 0 saturated carbocycles. The summed E-state index contributed by atoms with van der Waals surface area (Å²) in [7, 11) is 1.59. The standard InChI is InChI=1S/C21H21N5O2S2/c1-12-7-8-15(28-2)14(9-12)23-17(27)10-29-21-25-24-19-18-13-5-3-4-6-16(13)30-20(18)22-11-26(19)21/h7-9,11H,3-6,10H2,1-2H3,(H,23,27). The summed E-state index contributed by atoms with van der Waals surface area (Å²) >= 11 is 3.12. The smallest absolute Gasteiger partial charge is 0.234 e. The van der Waals surface area contributed by atoms with Gasteiger partial charge in [0, 0.05) is 4.88 Å². The summed E-state index contributed by atoms with van der Waals surface area (Å²) in [5.41, 5.74) is 3.94. The predicted molar refractivity (Wildman–Crippen MR) is 120 cm³/mol. The first-order valence-corrected chi connectivity index (χ1v) is 11.7. The van der Waals surface area contributed by atoms with E-state index in [1.807, 2.05) is 29.5 Å². The van der Waals surface area contributed by atoms with E-state index in [9.17, 15) is 4.79 Å². The lowest BCUT2D eigenvalue weighted by atomic mass is 9.97. The van der Waals surface area contributed by atoms with Crippen LogP contribution in [0.5, 0.6) is 5.75 Å². The summed E-state index contributed by atoms with van der Waals surface area (Å²) < 4.78 is 7.23. The lowest BCUT2D eigenvalue weighted by Crippen LogP contribution is -2.15. The summed E-state index contributed by atoms with van der Waals surface area (Å²) in [5.74, 6) is 0.737. The lowest BCUT2D eigenvalue weighted by Gasteiger charge is -2.11. The Hall–Kier alpha value is -2.65. The Morgan fingerprint density at radius 1 is 1.30 bits per heavy atom. The van der Waals surface area contributed by atoms with Gasteiger partial charge in [-0.2, -0.15) is 0 Å². The molecule has 0 aliphatic heterocycles. The molecule has 0 saturated heterocycles. The second-order valence-electron chi connectivity index (χ2n) is 7.35. The van der Waals surface area contributed by atoms with E-state index in [2.05, 4.69) is 20.5 Å². The maximum Gasteiger partial charge on any atom is 0.234 e. The largest absolute Gasteiger partial charge is 0.495 e. The van der Waals surface area contributed by atoms with Gasteiger partial charge in [0.1, 0.15) is 16.9 Å². The third-order valence-corrected chi connectivity index (χ3v) is 7.44. The number of methoxy groups -OCH3 is 1. The van der Waals surface area contributed by atoms with Gasteiger partial charge in [-0.25, -0.2) is 4.98 Å². The van der Waals surface area contributed by atoms with E-state index in [0.717, 1.165) is 34.3 Å². The van der Waals surface area contributed by atoms with E-state index in [1.165, 1.54) is 35.0 Å². The number of carbonyl (C=O) groups is 1. The van der Waals surface area contributed by atoms with Crippen molar-refractivity contribution < 1.29 is 9.53 Å². The molecule has 3 aromatic heterocycles. The highest BCUT2D eigenvalue weighted by atomic mass is 32.2. The highest BCUT2D eigenvalue weighted by Gasteiger charge is 2.21. The Balaban J connectivity index is 1.37. The maximum absolute atomic E-state index is 12.5. The Morgan fingerprint density at radius 3 is 3.03 bits per heavy atom. The first kappa shape index (κ1) is 19.3. The van der Waals surface area contributed by atoms with Crippen molar-refractivity contribution in [1.82, 2.24) is 19.6 Å². The third kappa shape index (κ3) is 3.41. The first-order chi connectivity index (χ1) is 14.6. The van der Waals surface area contributed by atoms with E-state index >= 15 is 0 Å². The molecule has 5 rings (SSSR count). The van der Waals surface area contributed by atoms with Crippen molar-refractivity contribution in [3.8, 4) is 5.75 Å². The van der Waals surface area contributed by atoms with Gasteiger partial charge < -0.3 is 10.1 Å². The Morgan fingerprint density at radius 2 is 2.17 bits per heavy atom. The molecular weight excluding hydrogens is 418 g/mol. The van der Waals surface area contributed by atoms with Crippen LogP contribution in [0.1, 0.15) is 28.8 Å². The molecule has 0 radical (unpaired) electrons. The monoisotopic (exact) mass is 439 g/mol. The molecule has 0 atom stereocenters. The number of aryl methyl sites for hydroxylation is 3. The molecule has 1 N–H and O–H groups in total. The minimum Gasteiger partial charge on any atom is -0.495 e. The van der Waals surface area contributed by atoms with Gasteiger partial charge in [-0.3, -0.25) is 9.20 Å². The number of aromatic nitrogens is 4. The van der Waals surface area contributed by atoms with Gasteiger partial charge in [-0.15, -0.1) is 21.5 Å². The van der Waals surface area contributed by atoms with Crippen molar-refractivity contribution in [1.29, 1.82) is 0 Å². The molecule has 7 nitrogen and oxygen atoms in total. The van der Waals surface area contributed by atoms with Crippen LogP contribution in [0.15, 0.2) is 29.7 Å². The molecule has 1 aromatic carbocycles. The second-order valence-corrected chi connectivity index (χ2v) is 9.38. The predicted octanol–water partition coefficient (Wildman–Crippen LogP) is 4.27. The zero-order valence-corrected chi connectivity index (χ0v) is 18.4. The first-order valence-electron chi connectivity index (χ1n) is 9.85. The molecule has 3 heterocycles.